The molecule has 2 N–H and O–H groups in total. The Morgan fingerprint density at radius 3 is 2.95 bits per heavy atom. The minimum Gasteiger partial charge on any atom is -0.375 e. The molecule has 4 nitrogen and oxygen atoms in total. The van der Waals surface area contributed by atoms with Crippen molar-refractivity contribution >= 4 is 16.6 Å². The predicted octanol–water partition coefficient (Wildman–Crippen LogP) is 2.31. The molecule has 1 aliphatic heterocycles. The second kappa shape index (κ2) is 5.38. The summed E-state index contributed by atoms with van der Waals surface area (Å²) in [4.78, 5) is 7.12. The van der Waals surface area contributed by atoms with E-state index in [2.05, 4.69) is 49.1 Å². The third-order valence-electron chi connectivity index (χ3n) is 3.86. The number of fused-ring (bicyclic) bond motifs is 1. The highest BCUT2D eigenvalue weighted by Crippen LogP contribution is 2.29. The molecule has 20 heavy (non-hydrogen) atoms. The summed E-state index contributed by atoms with van der Waals surface area (Å²) in [5, 5.41) is 2.38. The van der Waals surface area contributed by atoms with Gasteiger partial charge in [-0.15, -0.1) is 0 Å². The molecule has 0 aliphatic carbocycles. The van der Waals surface area contributed by atoms with Crippen molar-refractivity contribution in [3.05, 3.63) is 36.0 Å². The molecular formula is C16H21N3O. The van der Waals surface area contributed by atoms with Crippen LogP contribution in [0, 0.1) is 0 Å². The molecule has 1 saturated heterocycles. The van der Waals surface area contributed by atoms with E-state index in [1.165, 1.54) is 10.8 Å². The first-order valence-corrected chi connectivity index (χ1v) is 7.16. The topological polar surface area (TPSA) is 51.4 Å². The van der Waals surface area contributed by atoms with Gasteiger partial charge < -0.3 is 15.4 Å². The lowest BCUT2D eigenvalue weighted by atomic mass is 10.1. The number of hydrogen-bond acceptors (Lipinski definition) is 4. The van der Waals surface area contributed by atoms with Crippen LogP contribution in [0.2, 0.25) is 0 Å². The number of pyridine rings is 1. The lowest BCUT2D eigenvalue weighted by Gasteiger charge is -2.38. The fourth-order valence-corrected chi connectivity index (χ4v) is 2.76. The van der Waals surface area contributed by atoms with Crippen molar-refractivity contribution in [3.63, 3.8) is 0 Å². The van der Waals surface area contributed by atoms with E-state index in [-0.39, 0.29) is 6.10 Å². The van der Waals surface area contributed by atoms with E-state index in [4.69, 9.17) is 15.5 Å². The number of nitrogens with two attached hydrogens (primary N) is 1. The molecule has 0 bridgehead atoms. The Morgan fingerprint density at radius 2 is 2.15 bits per heavy atom. The van der Waals surface area contributed by atoms with Crippen molar-refractivity contribution in [2.45, 2.75) is 32.5 Å². The van der Waals surface area contributed by atoms with Crippen LogP contribution in [0.25, 0.3) is 10.8 Å². The maximum atomic E-state index is 5.80. The molecule has 3 rings (SSSR count). The van der Waals surface area contributed by atoms with Gasteiger partial charge in [-0.2, -0.15) is 0 Å². The van der Waals surface area contributed by atoms with Crippen molar-refractivity contribution in [2.75, 3.05) is 18.1 Å². The predicted molar refractivity (Wildman–Crippen MR) is 81.9 cm³/mol. The number of anilines is 1. The normalized spacial score (nSPS) is 23.2. The van der Waals surface area contributed by atoms with Gasteiger partial charge in [-0.25, -0.2) is 4.98 Å². The molecule has 1 aliphatic rings. The summed E-state index contributed by atoms with van der Waals surface area (Å²) in [5.74, 6) is 1.03. The monoisotopic (exact) mass is 271 g/mol. The van der Waals surface area contributed by atoms with Crippen LogP contribution in [-0.2, 0) is 11.3 Å². The third kappa shape index (κ3) is 2.37. The number of rotatable bonds is 2. The number of morpholine rings is 1. The van der Waals surface area contributed by atoms with Gasteiger partial charge in [0.15, 0.2) is 0 Å². The van der Waals surface area contributed by atoms with Crippen LogP contribution in [0.1, 0.15) is 19.5 Å². The Hall–Kier alpha value is -1.65. The lowest BCUT2D eigenvalue weighted by Crippen LogP contribution is -2.48. The second-order valence-corrected chi connectivity index (χ2v) is 5.51. The van der Waals surface area contributed by atoms with Gasteiger partial charge in [-0.3, -0.25) is 0 Å². The number of nitrogens with zero attached hydrogens (tertiary/aromatic N) is 2. The van der Waals surface area contributed by atoms with Gasteiger partial charge in [0, 0.05) is 18.5 Å². The summed E-state index contributed by atoms with van der Waals surface area (Å²) in [6.07, 6.45) is 0.230. The summed E-state index contributed by atoms with van der Waals surface area (Å²) in [7, 11) is 0. The SMILES string of the molecule is CC1CN(c2nc(CN)cc3ccccc23)C(C)CO1. The first-order chi connectivity index (χ1) is 9.69. The number of benzene rings is 1. The van der Waals surface area contributed by atoms with Crippen molar-refractivity contribution in [1.29, 1.82) is 0 Å². The Balaban J connectivity index is 2.13. The van der Waals surface area contributed by atoms with Gasteiger partial charge in [0.05, 0.1) is 24.4 Å². The van der Waals surface area contributed by atoms with Gasteiger partial charge in [-0.1, -0.05) is 24.3 Å². The molecule has 0 amide bonds. The van der Waals surface area contributed by atoms with Gasteiger partial charge in [-0.05, 0) is 25.3 Å². The van der Waals surface area contributed by atoms with E-state index in [1.54, 1.807) is 0 Å². The molecule has 0 saturated carbocycles. The Labute approximate surface area is 119 Å². The van der Waals surface area contributed by atoms with E-state index in [0.29, 0.717) is 12.6 Å². The summed E-state index contributed by atoms with van der Waals surface area (Å²) < 4.78 is 5.72. The van der Waals surface area contributed by atoms with Crippen LogP contribution in [0.3, 0.4) is 0 Å². The van der Waals surface area contributed by atoms with E-state index < -0.39 is 0 Å². The lowest BCUT2D eigenvalue weighted by molar-refractivity contribution is 0.0341. The summed E-state index contributed by atoms with van der Waals surface area (Å²) in [6, 6.07) is 10.8. The van der Waals surface area contributed by atoms with Crippen LogP contribution in [0.4, 0.5) is 5.82 Å². The second-order valence-electron chi connectivity index (χ2n) is 5.51. The van der Waals surface area contributed by atoms with Gasteiger partial charge in [0.25, 0.3) is 0 Å². The zero-order chi connectivity index (χ0) is 14.1. The van der Waals surface area contributed by atoms with Gasteiger partial charge in [0.2, 0.25) is 0 Å². The van der Waals surface area contributed by atoms with E-state index >= 15 is 0 Å². The van der Waals surface area contributed by atoms with Crippen LogP contribution in [-0.4, -0.2) is 30.3 Å². The molecule has 1 aromatic carbocycles. The maximum absolute atomic E-state index is 5.80. The summed E-state index contributed by atoms with van der Waals surface area (Å²) >= 11 is 0. The molecule has 4 heteroatoms. The van der Waals surface area contributed by atoms with E-state index in [1.807, 2.05) is 0 Å². The minimum atomic E-state index is 0.230. The van der Waals surface area contributed by atoms with Crippen molar-refractivity contribution in [1.82, 2.24) is 4.98 Å². The van der Waals surface area contributed by atoms with E-state index in [0.717, 1.165) is 24.7 Å². The van der Waals surface area contributed by atoms with Crippen LogP contribution in [0.5, 0.6) is 0 Å². The fraction of sp³-hybridized carbons (Fsp3) is 0.438. The van der Waals surface area contributed by atoms with Gasteiger partial charge in [0.1, 0.15) is 5.82 Å². The molecule has 106 valence electrons. The summed E-state index contributed by atoms with van der Waals surface area (Å²) in [6.45, 7) is 6.35. The molecule has 1 fully saturated rings. The van der Waals surface area contributed by atoms with Crippen molar-refractivity contribution in [2.24, 2.45) is 5.73 Å². The molecular weight excluding hydrogens is 250 g/mol. The largest absolute Gasteiger partial charge is 0.375 e. The number of ether oxygens (including phenoxy) is 1. The van der Waals surface area contributed by atoms with Crippen molar-refractivity contribution in [3.8, 4) is 0 Å². The molecule has 1 aromatic heterocycles. The molecule has 2 aromatic rings. The zero-order valence-corrected chi connectivity index (χ0v) is 12.0. The standard InChI is InChI=1S/C16H21N3O/c1-11-10-20-12(2)9-19(11)16-15-6-4-3-5-13(15)7-14(8-17)18-16/h3-7,11-12H,8-10,17H2,1-2H3. The quantitative estimate of drug-likeness (QED) is 0.910. The highest BCUT2D eigenvalue weighted by atomic mass is 16.5. The zero-order valence-electron chi connectivity index (χ0n) is 12.0. The van der Waals surface area contributed by atoms with Crippen LogP contribution >= 0.6 is 0 Å². The first-order valence-electron chi connectivity index (χ1n) is 7.16. The fourth-order valence-electron chi connectivity index (χ4n) is 2.76. The molecule has 2 atom stereocenters. The van der Waals surface area contributed by atoms with E-state index in [9.17, 15) is 0 Å². The molecule has 2 unspecified atom stereocenters. The average Bonchev–Trinajstić information content (AvgIpc) is 2.48. The number of aromatic nitrogens is 1. The van der Waals surface area contributed by atoms with Crippen LogP contribution < -0.4 is 10.6 Å². The molecule has 0 radical (unpaired) electrons. The highest BCUT2D eigenvalue weighted by Gasteiger charge is 2.26. The van der Waals surface area contributed by atoms with Crippen molar-refractivity contribution < 1.29 is 4.74 Å². The first kappa shape index (κ1) is 13.3. The third-order valence-corrected chi connectivity index (χ3v) is 3.86. The molecule has 0 spiro atoms. The van der Waals surface area contributed by atoms with Gasteiger partial charge >= 0.3 is 0 Å². The van der Waals surface area contributed by atoms with Crippen LogP contribution in [0.15, 0.2) is 30.3 Å². The Morgan fingerprint density at radius 1 is 1.35 bits per heavy atom. The molecule has 2 heterocycles. The Bertz CT molecular complexity index is 614. The minimum absolute atomic E-state index is 0.230. The maximum Gasteiger partial charge on any atom is 0.137 e. The average molecular weight is 271 g/mol. The summed E-state index contributed by atoms with van der Waals surface area (Å²) in [5.41, 5.74) is 6.73. The smallest absolute Gasteiger partial charge is 0.137 e. The number of hydrogen-bond donors (Lipinski definition) is 1. The Kier molecular flexibility index (Phi) is 3.59. The highest BCUT2D eigenvalue weighted by molar-refractivity contribution is 5.92.